The second-order valence-electron chi connectivity index (χ2n) is 3.79. The maximum absolute atomic E-state index is 9.16. The van der Waals surface area contributed by atoms with E-state index in [1.54, 1.807) is 12.1 Å². The first-order valence-corrected chi connectivity index (χ1v) is 5.80. The SMILES string of the molecule is CCCCOc1ccc(B(O)O)c(CC)c1. The highest BCUT2D eigenvalue weighted by Gasteiger charge is 2.15. The molecule has 0 radical (unpaired) electrons. The van der Waals surface area contributed by atoms with E-state index in [9.17, 15) is 0 Å². The van der Waals surface area contributed by atoms with E-state index in [1.165, 1.54) is 0 Å². The standard InChI is InChI=1S/C12H19BO3/c1-3-5-8-16-11-6-7-12(13(14)15)10(4-2)9-11/h6-7,9,14-15H,3-5,8H2,1-2H3. The second kappa shape index (κ2) is 6.56. The maximum atomic E-state index is 9.16. The maximum Gasteiger partial charge on any atom is 0.488 e. The fraction of sp³-hybridized carbons (Fsp3) is 0.500. The first-order valence-electron chi connectivity index (χ1n) is 5.80. The number of hydrogen-bond donors (Lipinski definition) is 2. The second-order valence-corrected chi connectivity index (χ2v) is 3.79. The van der Waals surface area contributed by atoms with Crippen LogP contribution < -0.4 is 10.2 Å². The van der Waals surface area contributed by atoms with Gasteiger partial charge in [-0.2, -0.15) is 0 Å². The van der Waals surface area contributed by atoms with Gasteiger partial charge >= 0.3 is 7.12 Å². The summed E-state index contributed by atoms with van der Waals surface area (Å²) in [6.45, 7) is 4.81. The van der Waals surface area contributed by atoms with Gasteiger partial charge in [0.25, 0.3) is 0 Å². The molecule has 1 rings (SSSR count). The van der Waals surface area contributed by atoms with Gasteiger partial charge in [-0.25, -0.2) is 0 Å². The zero-order valence-electron chi connectivity index (χ0n) is 9.94. The fourth-order valence-corrected chi connectivity index (χ4v) is 1.56. The number of aryl methyl sites for hydroxylation is 1. The van der Waals surface area contributed by atoms with Crippen molar-refractivity contribution in [3.8, 4) is 5.75 Å². The molecule has 0 fully saturated rings. The lowest BCUT2D eigenvalue weighted by molar-refractivity contribution is 0.309. The van der Waals surface area contributed by atoms with E-state index >= 15 is 0 Å². The van der Waals surface area contributed by atoms with Crippen molar-refractivity contribution < 1.29 is 14.8 Å². The summed E-state index contributed by atoms with van der Waals surface area (Å²) in [6, 6.07) is 5.37. The molecular weight excluding hydrogens is 203 g/mol. The molecule has 0 heterocycles. The van der Waals surface area contributed by atoms with Gasteiger partial charge in [0.15, 0.2) is 0 Å². The Hall–Kier alpha value is -0.995. The van der Waals surface area contributed by atoms with Crippen molar-refractivity contribution in [3.05, 3.63) is 23.8 Å². The summed E-state index contributed by atoms with van der Waals surface area (Å²) >= 11 is 0. The molecule has 0 aliphatic rings. The molecule has 0 aliphatic carbocycles. The van der Waals surface area contributed by atoms with Gasteiger partial charge in [0.2, 0.25) is 0 Å². The minimum Gasteiger partial charge on any atom is -0.494 e. The molecule has 2 N–H and O–H groups in total. The van der Waals surface area contributed by atoms with Gasteiger partial charge in [-0.05, 0) is 36.0 Å². The molecule has 0 saturated carbocycles. The van der Waals surface area contributed by atoms with Crippen LogP contribution in [0.5, 0.6) is 5.75 Å². The highest BCUT2D eigenvalue weighted by Crippen LogP contribution is 2.13. The first-order chi connectivity index (χ1) is 7.69. The lowest BCUT2D eigenvalue weighted by Crippen LogP contribution is -2.32. The molecule has 0 aromatic heterocycles. The number of hydrogen-bond acceptors (Lipinski definition) is 3. The number of unbranched alkanes of at least 4 members (excludes halogenated alkanes) is 1. The highest BCUT2D eigenvalue weighted by atomic mass is 16.5. The van der Waals surface area contributed by atoms with Crippen LogP contribution >= 0.6 is 0 Å². The number of rotatable bonds is 6. The van der Waals surface area contributed by atoms with Crippen LogP contribution in [-0.2, 0) is 6.42 Å². The smallest absolute Gasteiger partial charge is 0.488 e. The monoisotopic (exact) mass is 222 g/mol. The lowest BCUT2D eigenvalue weighted by atomic mass is 9.76. The minimum atomic E-state index is -1.40. The van der Waals surface area contributed by atoms with Crippen LogP contribution in [0.25, 0.3) is 0 Å². The molecular formula is C12H19BO3. The summed E-state index contributed by atoms with van der Waals surface area (Å²) in [6.07, 6.45) is 2.90. The van der Waals surface area contributed by atoms with Gasteiger partial charge in [0.1, 0.15) is 5.75 Å². The predicted octanol–water partition coefficient (Wildman–Crippen LogP) is 1.11. The fourth-order valence-electron chi connectivity index (χ4n) is 1.56. The molecule has 0 atom stereocenters. The largest absolute Gasteiger partial charge is 0.494 e. The molecule has 88 valence electrons. The van der Waals surface area contributed by atoms with Crippen molar-refractivity contribution in [1.82, 2.24) is 0 Å². The average molecular weight is 222 g/mol. The summed E-state index contributed by atoms with van der Waals surface area (Å²) in [5, 5.41) is 18.3. The third-order valence-electron chi connectivity index (χ3n) is 2.54. The van der Waals surface area contributed by atoms with Gasteiger partial charge in [-0.3, -0.25) is 0 Å². The zero-order chi connectivity index (χ0) is 12.0. The molecule has 0 saturated heterocycles. The quantitative estimate of drug-likeness (QED) is 0.559. The van der Waals surface area contributed by atoms with Crippen molar-refractivity contribution in [2.45, 2.75) is 33.1 Å². The van der Waals surface area contributed by atoms with E-state index in [0.717, 1.165) is 30.6 Å². The zero-order valence-corrected chi connectivity index (χ0v) is 9.94. The lowest BCUT2D eigenvalue weighted by Gasteiger charge is -2.10. The van der Waals surface area contributed by atoms with Crippen LogP contribution in [0, 0.1) is 0 Å². The topological polar surface area (TPSA) is 49.7 Å². The van der Waals surface area contributed by atoms with E-state index in [0.29, 0.717) is 12.1 Å². The molecule has 0 aliphatic heterocycles. The first kappa shape index (κ1) is 13.1. The Morgan fingerprint density at radius 2 is 2.00 bits per heavy atom. The van der Waals surface area contributed by atoms with E-state index < -0.39 is 7.12 Å². The van der Waals surface area contributed by atoms with E-state index in [-0.39, 0.29) is 0 Å². The Bertz CT molecular complexity index is 326. The molecule has 16 heavy (non-hydrogen) atoms. The van der Waals surface area contributed by atoms with Crippen LogP contribution in [-0.4, -0.2) is 23.8 Å². The van der Waals surface area contributed by atoms with Gasteiger partial charge in [0, 0.05) is 0 Å². The normalized spacial score (nSPS) is 10.2. The van der Waals surface area contributed by atoms with Crippen molar-refractivity contribution >= 4 is 12.6 Å². The molecule has 0 bridgehead atoms. The molecule has 0 spiro atoms. The van der Waals surface area contributed by atoms with Gasteiger partial charge in [-0.1, -0.05) is 26.3 Å². The predicted molar refractivity (Wildman–Crippen MR) is 66.0 cm³/mol. The Morgan fingerprint density at radius 1 is 1.25 bits per heavy atom. The summed E-state index contributed by atoms with van der Waals surface area (Å²) in [4.78, 5) is 0. The third-order valence-corrected chi connectivity index (χ3v) is 2.54. The van der Waals surface area contributed by atoms with Crippen molar-refractivity contribution in [2.24, 2.45) is 0 Å². The Labute approximate surface area is 97.2 Å². The molecule has 4 heteroatoms. The van der Waals surface area contributed by atoms with Crippen molar-refractivity contribution in [1.29, 1.82) is 0 Å². The summed E-state index contributed by atoms with van der Waals surface area (Å²) in [5.41, 5.74) is 1.48. The van der Waals surface area contributed by atoms with E-state index in [2.05, 4.69) is 6.92 Å². The van der Waals surface area contributed by atoms with Crippen LogP contribution in [0.4, 0.5) is 0 Å². The summed E-state index contributed by atoms with van der Waals surface area (Å²) < 4.78 is 5.56. The van der Waals surface area contributed by atoms with Crippen LogP contribution in [0.2, 0.25) is 0 Å². The molecule has 1 aromatic rings. The molecule has 1 aromatic carbocycles. The number of benzene rings is 1. The van der Waals surface area contributed by atoms with E-state index in [4.69, 9.17) is 14.8 Å². The molecule has 0 unspecified atom stereocenters. The Balaban J connectivity index is 2.74. The third kappa shape index (κ3) is 3.54. The summed E-state index contributed by atoms with van der Waals surface area (Å²) in [7, 11) is -1.40. The van der Waals surface area contributed by atoms with Gasteiger partial charge in [-0.15, -0.1) is 0 Å². The van der Waals surface area contributed by atoms with Crippen molar-refractivity contribution in [2.75, 3.05) is 6.61 Å². The molecule has 3 nitrogen and oxygen atoms in total. The molecule has 0 amide bonds. The van der Waals surface area contributed by atoms with Crippen LogP contribution in [0.3, 0.4) is 0 Å². The minimum absolute atomic E-state index is 0.561. The van der Waals surface area contributed by atoms with Crippen LogP contribution in [0.1, 0.15) is 32.3 Å². The van der Waals surface area contributed by atoms with Gasteiger partial charge < -0.3 is 14.8 Å². The Kier molecular flexibility index (Phi) is 5.36. The Morgan fingerprint density at radius 3 is 2.56 bits per heavy atom. The average Bonchev–Trinajstić information content (AvgIpc) is 2.29. The highest BCUT2D eigenvalue weighted by molar-refractivity contribution is 6.59. The summed E-state index contributed by atoms with van der Waals surface area (Å²) in [5.74, 6) is 0.801. The van der Waals surface area contributed by atoms with Crippen molar-refractivity contribution in [3.63, 3.8) is 0 Å². The van der Waals surface area contributed by atoms with Crippen LogP contribution in [0.15, 0.2) is 18.2 Å². The number of ether oxygens (including phenoxy) is 1. The van der Waals surface area contributed by atoms with E-state index in [1.807, 2.05) is 13.0 Å². The van der Waals surface area contributed by atoms with Gasteiger partial charge in [0.05, 0.1) is 6.61 Å².